The largest absolute Gasteiger partial charge is 0.356 e. The molecule has 0 aliphatic carbocycles. The average Bonchev–Trinajstić information content (AvgIpc) is 3.13. The third kappa shape index (κ3) is 2.05. The molecule has 22 heavy (non-hydrogen) atoms. The van der Waals surface area contributed by atoms with Gasteiger partial charge in [-0.05, 0) is 37.8 Å². The van der Waals surface area contributed by atoms with Gasteiger partial charge in [0, 0.05) is 31.9 Å². The van der Waals surface area contributed by atoms with Crippen molar-refractivity contribution in [3.8, 4) is 0 Å². The van der Waals surface area contributed by atoms with Crippen LogP contribution in [0.5, 0.6) is 0 Å². The number of piperidine rings is 1. The highest BCUT2D eigenvalue weighted by molar-refractivity contribution is 6.04. The minimum atomic E-state index is -0.179. The molecule has 3 amide bonds. The van der Waals surface area contributed by atoms with Gasteiger partial charge in [-0.2, -0.15) is 0 Å². The summed E-state index contributed by atoms with van der Waals surface area (Å²) in [7, 11) is 0. The van der Waals surface area contributed by atoms with Crippen LogP contribution in [0.3, 0.4) is 0 Å². The quantitative estimate of drug-likeness (QED) is 0.776. The zero-order valence-corrected chi connectivity index (χ0v) is 12.5. The zero-order valence-electron chi connectivity index (χ0n) is 12.5. The van der Waals surface area contributed by atoms with Crippen molar-refractivity contribution in [3.05, 3.63) is 24.4 Å². The maximum absolute atomic E-state index is 12.5. The van der Waals surface area contributed by atoms with E-state index in [9.17, 15) is 9.59 Å². The molecule has 0 radical (unpaired) electrons. The van der Waals surface area contributed by atoms with E-state index in [2.05, 4.69) is 9.88 Å². The Morgan fingerprint density at radius 2 is 1.86 bits per heavy atom. The lowest BCUT2D eigenvalue weighted by atomic mass is 10.0. The lowest BCUT2D eigenvalue weighted by molar-refractivity contribution is -0.129. The highest BCUT2D eigenvalue weighted by Gasteiger charge is 2.50. The molecular formula is C16H20N4O2. The van der Waals surface area contributed by atoms with Gasteiger partial charge in [0.05, 0.1) is 0 Å². The van der Waals surface area contributed by atoms with E-state index < -0.39 is 0 Å². The number of pyridine rings is 1. The maximum Gasteiger partial charge on any atom is 0.327 e. The van der Waals surface area contributed by atoms with Crippen LogP contribution in [-0.2, 0) is 4.79 Å². The van der Waals surface area contributed by atoms with Crippen molar-refractivity contribution in [2.24, 2.45) is 0 Å². The predicted molar refractivity (Wildman–Crippen MR) is 81.4 cm³/mol. The summed E-state index contributed by atoms with van der Waals surface area (Å²) in [6.45, 7) is 2.41. The number of nitrogens with zero attached hydrogens (tertiary/aromatic N) is 4. The van der Waals surface area contributed by atoms with E-state index in [-0.39, 0.29) is 24.0 Å². The van der Waals surface area contributed by atoms with E-state index in [0.717, 1.165) is 51.1 Å². The van der Waals surface area contributed by atoms with Crippen molar-refractivity contribution in [1.82, 2.24) is 14.8 Å². The minimum Gasteiger partial charge on any atom is -0.356 e. The second-order valence-electron chi connectivity index (χ2n) is 6.25. The molecule has 3 aliphatic heterocycles. The number of carbonyl (C=O) groups is 2. The van der Waals surface area contributed by atoms with E-state index in [4.69, 9.17) is 0 Å². The Morgan fingerprint density at radius 3 is 2.55 bits per heavy atom. The number of hydrogen-bond acceptors (Lipinski definition) is 4. The van der Waals surface area contributed by atoms with E-state index in [1.54, 1.807) is 16.0 Å². The third-order valence-electron chi connectivity index (χ3n) is 5.03. The molecule has 0 N–H and O–H groups in total. The number of urea groups is 1. The van der Waals surface area contributed by atoms with Crippen molar-refractivity contribution in [1.29, 1.82) is 0 Å². The standard InChI is InChI=1S/C16H20N4O2/c21-15-13-4-3-9-19(13)16(22)20(15)12-6-10-18(11-7-12)14-5-1-2-8-17-14/h1-2,5,8,12-13H,3-4,6-7,9-11H2/t13-/m0/s1. The molecule has 4 heterocycles. The lowest BCUT2D eigenvalue weighted by Gasteiger charge is -2.36. The summed E-state index contributed by atoms with van der Waals surface area (Å²) in [6.07, 6.45) is 5.23. The van der Waals surface area contributed by atoms with Gasteiger partial charge in [-0.15, -0.1) is 0 Å². The molecule has 0 saturated carbocycles. The summed E-state index contributed by atoms with van der Waals surface area (Å²) in [5.74, 6) is 0.999. The van der Waals surface area contributed by atoms with E-state index >= 15 is 0 Å². The fourth-order valence-electron chi connectivity index (χ4n) is 3.88. The van der Waals surface area contributed by atoms with Crippen molar-refractivity contribution in [3.63, 3.8) is 0 Å². The molecule has 1 aromatic rings. The Labute approximate surface area is 129 Å². The Kier molecular flexibility index (Phi) is 3.24. The van der Waals surface area contributed by atoms with Crippen LogP contribution in [0, 0.1) is 0 Å². The zero-order chi connectivity index (χ0) is 15.1. The smallest absolute Gasteiger partial charge is 0.327 e. The van der Waals surface area contributed by atoms with Crippen LogP contribution >= 0.6 is 0 Å². The SMILES string of the molecule is O=C1[C@@H]2CCCN2C(=O)N1C1CCN(c2ccccn2)CC1. The minimum absolute atomic E-state index is 0.0267. The van der Waals surface area contributed by atoms with Crippen molar-refractivity contribution in [2.45, 2.75) is 37.8 Å². The van der Waals surface area contributed by atoms with Crippen LogP contribution in [0.1, 0.15) is 25.7 Å². The number of aromatic nitrogens is 1. The number of imide groups is 1. The fraction of sp³-hybridized carbons (Fsp3) is 0.562. The first kappa shape index (κ1) is 13.5. The monoisotopic (exact) mass is 300 g/mol. The first-order valence-corrected chi connectivity index (χ1v) is 8.05. The van der Waals surface area contributed by atoms with Gasteiger partial charge in [0.15, 0.2) is 0 Å². The highest BCUT2D eigenvalue weighted by atomic mass is 16.2. The molecule has 3 fully saturated rings. The molecular weight excluding hydrogens is 280 g/mol. The molecule has 1 aromatic heterocycles. The normalized spacial score (nSPS) is 26.0. The summed E-state index contributed by atoms with van der Waals surface area (Å²) in [6, 6.07) is 5.69. The second kappa shape index (κ2) is 5.26. The lowest BCUT2D eigenvalue weighted by Crippen LogP contribution is -2.48. The van der Waals surface area contributed by atoms with Crippen molar-refractivity contribution >= 4 is 17.8 Å². The number of rotatable bonds is 2. The van der Waals surface area contributed by atoms with Gasteiger partial charge in [-0.3, -0.25) is 9.69 Å². The number of anilines is 1. The predicted octanol–water partition coefficient (Wildman–Crippen LogP) is 1.48. The van der Waals surface area contributed by atoms with Crippen LogP contribution in [0.2, 0.25) is 0 Å². The van der Waals surface area contributed by atoms with E-state index in [0.29, 0.717) is 0 Å². The number of carbonyl (C=O) groups excluding carboxylic acids is 2. The second-order valence-corrected chi connectivity index (χ2v) is 6.25. The van der Waals surface area contributed by atoms with Crippen LogP contribution in [0.25, 0.3) is 0 Å². The van der Waals surface area contributed by atoms with Gasteiger partial charge < -0.3 is 9.80 Å². The highest BCUT2D eigenvalue weighted by Crippen LogP contribution is 2.31. The molecule has 0 bridgehead atoms. The average molecular weight is 300 g/mol. The van der Waals surface area contributed by atoms with Gasteiger partial charge >= 0.3 is 6.03 Å². The molecule has 6 heteroatoms. The summed E-state index contributed by atoms with van der Waals surface area (Å²) in [4.78, 5) is 34.8. The summed E-state index contributed by atoms with van der Waals surface area (Å²) < 4.78 is 0. The van der Waals surface area contributed by atoms with E-state index in [1.165, 1.54) is 0 Å². The summed E-state index contributed by atoms with van der Waals surface area (Å²) >= 11 is 0. The molecule has 116 valence electrons. The fourth-order valence-corrected chi connectivity index (χ4v) is 3.88. The van der Waals surface area contributed by atoms with Gasteiger partial charge in [0.1, 0.15) is 11.9 Å². The van der Waals surface area contributed by atoms with Gasteiger partial charge in [0.25, 0.3) is 5.91 Å². The Hall–Kier alpha value is -2.11. The summed E-state index contributed by atoms with van der Waals surface area (Å²) in [5.41, 5.74) is 0. The van der Waals surface area contributed by atoms with Gasteiger partial charge in [0.2, 0.25) is 0 Å². The molecule has 0 aromatic carbocycles. The van der Waals surface area contributed by atoms with Crippen molar-refractivity contribution in [2.75, 3.05) is 24.5 Å². The molecule has 3 saturated heterocycles. The molecule has 0 unspecified atom stereocenters. The molecule has 6 nitrogen and oxygen atoms in total. The molecule has 1 atom stereocenters. The molecule has 0 spiro atoms. The molecule has 4 rings (SSSR count). The van der Waals surface area contributed by atoms with Gasteiger partial charge in [-0.1, -0.05) is 6.07 Å². The van der Waals surface area contributed by atoms with Crippen LogP contribution in [0.4, 0.5) is 10.6 Å². The first-order chi connectivity index (χ1) is 10.8. The Bertz CT molecular complexity index is 561. The van der Waals surface area contributed by atoms with E-state index in [1.807, 2.05) is 18.2 Å². The van der Waals surface area contributed by atoms with Crippen LogP contribution < -0.4 is 4.90 Å². The van der Waals surface area contributed by atoms with Crippen LogP contribution in [0.15, 0.2) is 24.4 Å². The van der Waals surface area contributed by atoms with Crippen LogP contribution in [-0.4, -0.2) is 58.4 Å². The first-order valence-electron chi connectivity index (χ1n) is 8.05. The number of hydrogen-bond donors (Lipinski definition) is 0. The topological polar surface area (TPSA) is 56.8 Å². The Morgan fingerprint density at radius 1 is 1.05 bits per heavy atom. The maximum atomic E-state index is 12.5. The molecule has 3 aliphatic rings. The third-order valence-corrected chi connectivity index (χ3v) is 5.03. The number of amides is 3. The Balaban J connectivity index is 1.44. The van der Waals surface area contributed by atoms with Crippen molar-refractivity contribution < 1.29 is 9.59 Å². The summed E-state index contributed by atoms with van der Waals surface area (Å²) in [5, 5.41) is 0. The number of fused-ring (bicyclic) bond motifs is 1. The van der Waals surface area contributed by atoms with Gasteiger partial charge in [-0.25, -0.2) is 9.78 Å².